The molecule has 0 spiro atoms. The molecule has 0 radical (unpaired) electrons. The van der Waals surface area contributed by atoms with Gasteiger partial charge in [0.25, 0.3) is 0 Å². The van der Waals surface area contributed by atoms with E-state index in [1.54, 1.807) is 25.3 Å². The van der Waals surface area contributed by atoms with Crippen molar-refractivity contribution in [3.63, 3.8) is 0 Å². The smallest absolute Gasteiger partial charge is 0.234 e. The molecule has 1 fully saturated rings. The maximum Gasteiger partial charge on any atom is 0.234 e. The van der Waals surface area contributed by atoms with Gasteiger partial charge in [-0.2, -0.15) is 0 Å². The fourth-order valence-corrected chi connectivity index (χ4v) is 3.14. The molecule has 2 N–H and O–H groups in total. The number of halogens is 1. The summed E-state index contributed by atoms with van der Waals surface area (Å²) in [7, 11) is 1.59. The van der Waals surface area contributed by atoms with E-state index in [1.807, 2.05) is 0 Å². The molecule has 2 rings (SSSR count). The zero-order chi connectivity index (χ0) is 17.5. The fraction of sp³-hybridized carbons (Fsp3) is 0.529. The van der Waals surface area contributed by atoms with Gasteiger partial charge in [0.05, 0.1) is 13.7 Å². The fourth-order valence-electron chi connectivity index (χ4n) is 2.94. The molecule has 1 saturated heterocycles. The number of ether oxygens (including phenoxy) is 1. The van der Waals surface area contributed by atoms with Crippen LogP contribution in [0.4, 0.5) is 0 Å². The first kappa shape index (κ1) is 18.5. The van der Waals surface area contributed by atoms with Crippen molar-refractivity contribution in [1.29, 1.82) is 0 Å². The van der Waals surface area contributed by atoms with E-state index in [2.05, 4.69) is 15.5 Å². The SMILES string of the molecule is COc1ccc(Cl)cc1CNC(=O)CN1CCCC(NC(C)=O)C1. The standard InChI is InChI=1S/C17H24ClN3O3/c1-12(22)20-15-4-3-7-21(10-15)11-17(23)19-9-13-8-14(18)5-6-16(13)24-2/h5-6,8,15H,3-4,7,9-11H2,1-2H3,(H,19,23)(H,20,22). The van der Waals surface area contributed by atoms with Crippen molar-refractivity contribution >= 4 is 23.4 Å². The Kier molecular flexibility index (Phi) is 6.87. The second kappa shape index (κ2) is 8.89. The molecule has 2 amide bonds. The lowest BCUT2D eigenvalue weighted by molar-refractivity contribution is -0.122. The number of hydrogen-bond donors (Lipinski definition) is 2. The minimum atomic E-state index is -0.0551. The molecule has 0 bridgehead atoms. The molecule has 0 aliphatic carbocycles. The quantitative estimate of drug-likeness (QED) is 0.814. The van der Waals surface area contributed by atoms with Gasteiger partial charge in [0.15, 0.2) is 0 Å². The molecule has 6 nitrogen and oxygen atoms in total. The summed E-state index contributed by atoms with van der Waals surface area (Å²) in [4.78, 5) is 25.4. The molecule has 24 heavy (non-hydrogen) atoms. The van der Waals surface area contributed by atoms with Gasteiger partial charge in [0, 0.05) is 36.6 Å². The Hall–Kier alpha value is -1.79. The Morgan fingerprint density at radius 3 is 2.92 bits per heavy atom. The van der Waals surface area contributed by atoms with Crippen LogP contribution in [0.2, 0.25) is 5.02 Å². The van der Waals surface area contributed by atoms with Gasteiger partial charge < -0.3 is 15.4 Å². The van der Waals surface area contributed by atoms with E-state index in [0.29, 0.717) is 30.4 Å². The Morgan fingerprint density at radius 1 is 1.42 bits per heavy atom. The molecular formula is C17H24ClN3O3. The van der Waals surface area contributed by atoms with Crippen molar-refractivity contribution in [3.05, 3.63) is 28.8 Å². The third-order valence-corrected chi connectivity index (χ3v) is 4.23. The van der Waals surface area contributed by atoms with Gasteiger partial charge in [-0.25, -0.2) is 0 Å². The van der Waals surface area contributed by atoms with Crippen LogP contribution in [0.1, 0.15) is 25.3 Å². The molecule has 1 aliphatic heterocycles. The van der Waals surface area contributed by atoms with Crippen molar-refractivity contribution < 1.29 is 14.3 Å². The summed E-state index contributed by atoms with van der Waals surface area (Å²) >= 11 is 5.99. The number of amides is 2. The van der Waals surface area contributed by atoms with Crippen molar-refractivity contribution in [1.82, 2.24) is 15.5 Å². The minimum absolute atomic E-state index is 0.0284. The molecule has 1 aromatic rings. The van der Waals surface area contributed by atoms with Gasteiger partial charge in [-0.3, -0.25) is 14.5 Å². The summed E-state index contributed by atoms with van der Waals surface area (Å²) in [6, 6.07) is 5.44. The molecule has 0 saturated carbocycles. The van der Waals surface area contributed by atoms with Gasteiger partial charge in [0.1, 0.15) is 5.75 Å². The summed E-state index contributed by atoms with van der Waals surface area (Å²) in [5.41, 5.74) is 0.841. The number of carbonyl (C=O) groups is 2. The summed E-state index contributed by atoms with van der Waals surface area (Å²) in [6.07, 6.45) is 1.93. The molecule has 1 unspecified atom stereocenters. The molecule has 1 atom stereocenters. The van der Waals surface area contributed by atoms with E-state index < -0.39 is 0 Å². The maximum absolute atomic E-state index is 12.2. The zero-order valence-electron chi connectivity index (χ0n) is 14.1. The highest BCUT2D eigenvalue weighted by Gasteiger charge is 2.22. The van der Waals surface area contributed by atoms with Crippen LogP contribution >= 0.6 is 11.6 Å². The zero-order valence-corrected chi connectivity index (χ0v) is 14.9. The van der Waals surface area contributed by atoms with E-state index in [-0.39, 0.29) is 17.9 Å². The van der Waals surface area contributed by atoms with Crippen LogP contribution in [0, 0.1) is 0 Å². The van der Waals surface area contributed by atoms with Crippen molar-refractivity contribution in [2.75, 3.05) is 26.7 Å². The lowest BCUT2D eigenvalue weighted by Gasteiger charge is -2.32. The van der Waals surface area contributed by atoms with Gasteiger partial charge in [-0.05, 0) is 37.6 Å². The number of likely N-dealkylation sites (tertiary alicyclic amines) is 1. The number of piperidine rings is 1. The molecule has 7 heteroatoms. The summed E-state index contributed by atoms with van der Waals surface area (Å²) < 4.78 is 5.27. The average molecular weight is 354 g/mol. The number of benzene rings is 1. The maximum atomic E-state index is 12.2. The van der Waals surface area contributed by atoms with E-state index in [0.717, 1.165) is 24.9 Å². The highest BCUT2D eigenvalue weighted by Crippen LogP contribution is 2.22. The van der Waals surface area contributed by atoms with Gasteiger partial charge in [-0.15, -0.1) is 0 Å². The lowest BCUT2D eigenvalue weighted by Crippen LogP contribution is -2.49. The average Bonchev–Trinajstić information content (AvgIpc) is 2.53. The first-order valence-electron chi connectivity index (χ1n) is 8.06. The van der Waals surface area contributed by atoms with Crippen LogP contribution in [0.15, 0.2) is 18.2 Å². The van der Waals surface area contributed by atoms with Crippen LogP contribution in [-0.2, 0) is 16.1 Å². The van der Waals surface area contributed by atoms with Gasteiger partial charge in [-0.1, -0.05) is 11.6 Å². The van der Waals surface area contributed by atoms with Crippen molar-refractivity contribution in [2.45, 2.75) is 32.4 Å². The van der Waals surface area contributed by atoms with E-state index >= 15 is 0 Å². The lowest BCUT2D eigenvalue weighted by atomic mass is 10.1. The predicted octanol–water partition coefficient (Wildman–Crippen LogP) is 1.57. The Balaban J connectivity index is 1.83. The predicted molar refractivity (Wildman–Crippen MR) is 93.1 cm³/mol. The third kappa shape index (κ3) is 5.69. The minimum Gasteiger partial charge on any atom is -0.496 e. The Morgan fingerprint density at radius 2 is 2.21 bits per heavy atom. The summed E-state index contributed by atoms with van der Waals surface area (Å²) in [6.45, 7) is 3.77. The number of hydrogen-bond acceptors (Lipinski definition) is 4. The van der Waals surface area contributed by atoms with Crippen LogP contribution in [0.3, 0.4) is 0 Å². The monoisotopic (exact) mass is 353 g/mol. The second-order valence-electron chi connectivity index (χ2n) is 6.01. The summed E-state index contributed by atoms with van der Waals surface area (Å²) in [5, 5.41) is 6.42. The van der Waals surface area contributed by atoms with E-state index in [1.165, 1.54) is 6.92 Å². The number of carbonyl (C=O) groups excluding carboxylic acids is 2. The van der Waals surface area contributed by atoms with Crippen molar-refractivity contribution in [3.8, 4) is 5.75 Å². The molecular weight excluding hydrogens is 330 g/mol. The number of methoxy groups -OCH3 is 1. The molecule has 0 aromatic heterocycles. The number of nitrogens with zero attached hydrogens (tertiary/aromatic N) is 1. The largest absolute Gasteiger partial charge is 0.496 e. The molecule has 132 valence electrons. The number of rotatable bonds is 6. The normalized spacial score (nSPS) is 18.0. The van der Waals surface area contributed by atoms with Crippen LogP contribution in [0.25, 0.3) is 0 Å². The third-order valence-electron chi connectivity index (χ3n) is 4.00. The van der Waals surface area contributed by atoms with E-state index in [4.69, 9.17) is 16.3 Å². The summed E-state index contributed by atoms with van der Waals surface area (Å²) in [5.74, 6) is 0.614. The van der Waals surface area contributed by atoms with Crippen LogP contribution in [0.5, 0.6) is 5.75 Å². The first-order valence-corrected chi connectivity index (χ1v) is 8.44. The number of nitrogens with one attached hydrogen (secondary N) is 2. The van der Waals surface area contributed by atoms with E-state index in [9.17, 15) is 9.59 Å². The highest BCUT2D eigenvalue weighted by molar-refractivity contribution is 6.30. The molecule has 1 aromatic carbocycles. The van der Waals surface area contributed by atoms with Crippen LogP contribution < -0.4 is 15.4 Å². The Bertz CT molecular complexity index is 594. The topological polar surface area (TPSA) is 70.7 Å². The Labute approximate surface area is 147 Å². The van der Waals surface area contributed by atoms with Gasteiger partial charge in [0.2, 0.25) is 11.8 Å². The highest BCUT2D eigenvalue weighted by atomic mass is 35.5. The molecule has 1 aliphatic rings. The van der Waals surface area contributed by atoms with Gasteiger partial charge >= 0.3 is 0 Å². The molecule has 1 heterocycles. The van der Waals surface area contributed by atoms with Crippen LogP contribution in [-0.4, -0.2) is 49.5 Å². The second-order valence-corrected chi connectivity index (χ2v) is 6.44. The first-order chi connectivity index (χ1) is 11.5. The van der Waals surface area contributed by atoms with Crippen molar-refractivity contribution in [2.24, 2.45) is 0 Å².